The number of carbonyl (C=O) groups excluding carboxylic acids is 2. The first-order chi connectivity index (χ1) is 15.6. The number of carboxylic acids is 1. The molecular formula is C24H36NO7P. The van der Waals surface area contributed by atoms with Crippen LogP contribution in [0.25, 0.3) is 0 Å². The highest BCUT2D eigenvalue weighted by Crippen LogP contribution is 2.50. The van der Waals surface area contributed by atoms with Crippen molar-refractivity contribution in [3.05, 3.63) is 35.9 Å². The Bertz CT molecular complexity index is 842. The number of amides is 1. The van der Waals surface area contributed by atoms with Crippen molar-refractivity contribution < 1.29 is 33.3 Å². The molecule has 1 aliphatic rings. The van der Waals surface area contributed by atoms with Crippen LogP contribution in [0.4, 0.5) is 0 Å². The number of aliphatic carboxylic acids is 1. The van der Waals surface area contributed by atoms with Crippen LogP contribution in [0.5, 0.6) is 0 Å². The summed E-state index contributed by atoms with van der Waals surface area (Å²) in [6, 6.07) is 9.03. The molecule has 1 heterocycles. The third kappa shape index (κ3) is 8.59. The molecule has 1 fully saturated rings. The van der Waals surface area contributed by atoms with E-state index in [1.807, 2.05) is 30.3 Å². The molecule has 1 aromatic rings. The summed E-state index contributed by atoms with van der Waals surface area (Å²) in [7, 11) is -3.54. The summed E-state index contributed by atoms with van der Waals surface area (Å²) in [4.78, 5) is 37.6. The lowest BCUT2D eigenvalue weighted by Gasteiger charge is -2.29. The van der Waals surface area contributed by atoms with Crippen molar-refractivity contribution in [1.29, 1.82) is 0 Å². The van der Waals surface area contributed by atoms with E-state index in [9.17, 15) is 24.1 Å². The number of carbonyl (C=O) groups is 3. The van der Waals surface area contributed by atoms with Gasteiger partial charge in [-0.1, -0.05) is 51.1 Å². The molecule has 0 spiro atoms. The van der Waals surface area contributed by atoms with Crippen LogP contribution in [0.1, 0.15) is 58.4 Å². The molecule has 3 atom stereocenters. The topological polar surface area (TPSA) is 110 Å². The van der Waals surface area contributed by atoms with Gasteiger partial charge in [0.05, 0.1) is 0 Å². The SMILES string of the molecule is CCC(=O)OC(OP(=O)(CCCCc1ccccc1)CC(=O)N1CCC[C@H]1C(=O)O)C(C)C. The van der Waals surface area contributed by atoms with Crippen molar-refractivity contribution in [3.63, 3.8) is 0 Å². The quantitative estimate of drug-likeness (QED) is 0.193. The second-order valence-electron chi connectivity index (χ2n) is 8.78. The van der Waals surface area contributed by atoms with Gasteiger partial charge in [-0.25, -0.2) is 4.79 Å². The zero-order valence-corrected chi connectivity index (χ0v) is 20.7. The molecule has 2 unspecified atom stereocenters. The van der Waals surface area contributed by atoms with Crippen LogP contribution >= 0.6 is 7.37 Å². The molecule has 9 heteroatoms. The first-order valence-electron chi connectivity index (χ1n) is 11.7. The summed E-state index contributed by atoms with van der Waals surface area (Å²) >= 11 is 0. The second kappa shape index (κ2) is 12.9. The summed E-state index contributed by atoms with van der Waals surface area (Å²) in [6.07, 6.45) is 1.99. The lowest BCUT2D eigenvalue weighted by Crippen LogP contribution is -2.42. The Balaban J connectivity index is 2.11. The number of hydrogen-bond donors (Lipinski definition) is 1. The number of esters is 1. The Morgan fingerprint density at radius 2 is 1.88 bits per heavy atom. The Kier molecular flexibility index (Phi) is 10.6. The van der Waals surface area contributed by atoms with Crippen LogP contribution in [0.15, 0.2) is 30.3 Å². The van der Waals surface area contributed by atoms with Gasteiger partial charge in [-0.2, -0.15) is 0 Å². The number of hydrogen-bond acceptors (Lipinski definition) is 6. The predicted molar refractivity (Wildman–Crippen MR) is 125 cm³/mol. The van der Waals surface area contributed by atoms with Crippen LogP contribution in [-0.2, 0) is 34.6 Å². The van der Waals surface area contributed by atoms with Crippen molar-refractivity contribution in [2.75, 3.05) is 18.9 Å². The van der Waals surface area contributed by atoms with Gasteiger partial charge in [-0.05, 0) is 37.7 Å². The summed E-state index contributed by atoms with van der Waals surface area (Å²) in [6.45, 7) is 5.56. The molecule has 1 aliphatic heterocycles. The first-order valence-corrected chi connectivity index (χ1v) is 13.7. The van der Waals surface area contributed by atoms with Crippen LogP contribution in [0.2, 0.25) is 0 Å². The fourth-order valence-electron chi connectivity index (χ4n) is 3.80. The van der Waals surface area contributed by atoms with E-state index in [1.54, 1.807) is 20.8 Å². The van der Waals surface area contributed by atoms with Gasteiger partial charge >= 0.3 is 11.9 Å². The van der Waals surface area contributed by atoms with Crippen molar-refractivity contribution in [3.8, 4) is 0 Å². The molecule has 33 heavy (non-hydrogen) atoms. The van der Waals surface area contributed by atoms with Crippen LogP contribution in [0.3, 0.4) is 0 Å². The average molecular weight is 482 g/mol. The molecule has 0 radical (unpaired) electrons. The predicted octanol–water partition coefficient (Wildman–Crippen LogP) is 4.31. The fourth-order valence-corrected chi connectivity index (χ4v) is 6.10. The minimum Gasteiger partial charge on any atom is -0.480 e. The molecule has 1 N–H and O–H groups in total. The Labute approximate surface area is 196 Å². The molecule has 2 rings (SSSR count). The molecule has 0 aromatic heterocycles. The lowest BCUT2D eigenvalue weighted by atomic mass is 10.1. The van der Waals surface area contributed by atoms with Gasteiger partial charge in [-0.3, -0.25) is 18.7 Å². The molecule has 0 saturated carbocycles. The third-order valence-electron chi connectivity index (χ3n) is 5.67. The van der Waals surface area contributed by atoms with Gasteiger partial charge < -0.3 is 14.7 Å². The van der Waals surface area contributed by atoms with Gasteiger partial charge in [0.1, 0.15) is 12.2 Å². The summed E-state index contributed by atoms with van der Waals surface area (Å²) in [5.74, 6) is -2.28. The van der Waals surface area contributed by atoms with Crippen LogP contribution in [-0.4, -0.2) is 59.1 Å². The standard InChI is InChI=1S/C24H36NO7P/c1-4-22(27)31-24(18(2)3)32-33(30,16-9-8-13-19-11-6-5-7-12-19)17-21(26)25-15-10-14-20(25)23(28)29/h5-7,11-12,18,20,24H,4,8-10,13-17H2,1-3H3,(H,28,29)/t20-,24?,33?/m0/s1. The van der Waals surface area contributed by atoms with E-state index >= 15 is 0 Å². The van der Waals surface area contributed by atoms with Crippen molar-refractivity contribution in [2.24, 2.45) is 5.92 Å². The van der Waals surface area contributed by atoms with E-state index in [0.717, 1.165) is 12.8 Å². The highest BCUT2D eigenvalue weighted by Gasteiger charge is 2.39. The van der Waals surface area contributed by atoms with E-state index in [1.165, 1.54) is 10.5 Å². The highest BCUT2D eigenvalue weighted by atomic mass is 31.2. The van der Waals surface area contributed by atoms with Gasteiger partial charge in [0.2, 0.25) is 19.6 Å². The normalized spacial score (nSPS) is 18.7. The Morgan fingerprint density at radius 3 is 2.48 bits per heavy atom. The number of nitrogens with zero attached hydrogens (tertiary/aromatic N) is 1. The largest absolute Gasteiger partial charge is 0.480 e. The number of benzene rings is 1. The zero-order chi connectivity index (χ0) is 24.4. The number of carboxylic acid groups (broad SMARTS) is 1. The van der Waals surface area contributed by atoms with E-state index in [2.05, 4.69) is 0 Å². The van der Waals surface area contributed by atoms with Gasteiger partial charge in [0, 0.05) is 25.0 Å². The van der Waals surface area contributed by atoms with E-state index < -0.39 is 43.7 Å². The minimum absolute atomic E-state index is 0.154. The molecule has 1 aromatic carbocycles. The summed E-state index contributed by atoms with van der Waals surface area (Å²) in [5, 5.41) is 9.41. The molecular weight excluding hydrogens is 445 g/mol. The molecule has 184 valence electrons. The van der Waals surface area contributed by atoms with Crippen molar-refractivity contribution in [1.82, 2.24) is 4.90 Å². The Hall–Kier alpha value is -2.18. The summed E-state index contributed by atoms with van der Waals surface area (Å²) in [5.41, 5.74) is 1.17. The number of ether oxygens (including phenoxy) is 1. The smallest absolute Gasteiger partial charge is 0.326 e. The lowest BCUT2D eigenvalue weighted by molar-refractivity contribution is -0.169. The Morgan fingerprint density at radius 1 is 1.18 bits per heavy atom. The first kappa shape index (κ1) is 27.1. The number of unbranched alkanes of at least 4 members (excludes halogenated alkanes) is 1. The van der Waals surface area contributed by atoms with Crippen LogP contribution in [0, 0.1) is 5.92 Å². The van der Waals surface area contributed by atoms with Gasteiger partial charge in [-0.15, -0.1) is 0 Å². The second-order valence-corrected chi connectivity index (χ2v) is 11.4. The average Bonchev–Trinajstić information content (AvgIpc) is 3.27. The number of aryl methyl sites for hydroxylation is 1. The molecule has 0 aliphatic carbocycles. The van der Waals surface area contributed by atoms with Gasteiger partial charge in [0.15, 0.2) is 0 Å². The number of likely N-dealkylation sites (tertiary alicyclic amines) is 1. The maximum atomic E-state index is 13.8. The molecule has 1 saturated heterocycles. The third-order valence-corrected chi connectivity index (χ3v) is 8.01. The number of rotatable bonds is 13. The zero-order valence-electron chi connectivity index (χ0n) is 19.8. The highest BCUT2D eigenvalue weighted by molar-refractivity contribution is 7.59. The maximum Gasteiger partial charge on any atom is 0.326 e. The van der Waals surface area contributed by atoms with Crippen molar-refractivity contribution in [2.45, 2.75) is 71.6 Å². The molecule has 8 nitrogen and oxygen atoms in total. The maximum absolute atomic E-state index is 13.8. The van der Waals surface area contributed by atoms with Gasteiger partial charge in [0.25, 0.3) is 0 Å². The monoisotopic (exact) mass is 481 g/mol. The van der Waals surface area contributed by atoms with Crippen LogP contribution < -0.4 is 0 Å². The molecule has 1 amide bonds. The minimum atomic E-state index is -3.54. The summed E-state index contributed by atoms with van der Waals surface area (Å²) < 4.78 is 25.1. The van der Waals surface area contributed by atoms with E-state index in [4.69, 9.17) is 9.26 Å². The fraction of sp³-hybridized carbons (Fsp3) is 0.625. The van der Waals surface area contributed by atoms with E-state index in [0.29, 0.717) is 25.8 Å². The molecule has 0 bridgehead atoms. The van der Waals surface area contributed by atoms with Crippen molar-refractivity contribution >= 4 is 25.2 Å². The van der Waals surface area contributed by atoms with E-state index in [-0.39, 0.29) is 18.5 Å².